The van der Waals surface area contributed by atoms with E-state index in [9.17, 15) is 0 Å². The highest BCUT2D eigenvalue weighted by Crippen LogP contribution is 2.13. The third kappa shape index (κ3) is 6.28. The predicted molar refractivity (Wildman–Crippen MR) is 50.3 cm³/mol. The fraction of sp³-hybridized carbons (Fsp3) is 1.00. The zero-order valence-corrected chi connectivity index (χ0v) is 9.37. The summed E-state index contributed by atoms with van der Waals surface area (Å²) in [6, 6.07) is 0. The molecule has 0 saturated heterocycles. The summed E-state index contributed by atoms with van der Waals surface area (Å²) in [4.78, 5) is 9.66. The Kier molecular flexibility index (Phi) is 8.02. The minimum Gasteiger partial charge on any atom is -0.379 e. The minimum absolute atomic E-state index is 0.274. The first-order valence-electron chi connectivity index (χ1n) is 4.78. The van der Waals surface area contributed by atoms with E-state index in [1.807, 2.05) is 13.8 Å². The molecule has 0 aliphatic heterocycles. The van der Waals surface area contributed by atoms with Gasteiger partial charge in [0.2, 0.25) is 5.79 Å². The van der Waals surface area contributed by atoms with E-state index in [0.29, 0.717) is 13.2 Å². The van der Waals surface area contributed by atoms with Crippen LogP contribution in [-0.4, -0.2) is 32.7 Å². The first-order chi connectivity index (χ1) is 6.68. The van der Waals surface area contributed by atoms with Crippen LogP contribution in [0.5, 0.6) is 0 Å². The van der Waals surface area contributed by atoms with Crippen molar-refractivity contribution in [2.45, 2.75) is 33.0 Å². The van der Waals surface area contributed by atoms with Gasteiger partial charge < -0.3 is 9.47 Å². The molecule has 0 aromatic carbocycles. The fourth-order valence-electron chi connectivity index (χ4n) is 0.871. The minimum atomic E-state index is -0.919. The van der Waals surface area contributed by atoms with Crippen molar-refractivity contribution in [1.29, 1.82) is 0 Å². The van der Waals surface area contributed by atoms with Crippen molar-refractivity contribution < 1.29 is 24.3 Å². The third-order valence-corrected chi connectivity index (χ3v) is 1.40. The van der Waals surface area contributed by atoms with Crippen LogP contribution in [0.25, 0.3) is 0 Å². The van der Waals surface area contributed by atoms with Crippen LogP contribution in [0.15, 0.2) is 0 Å². The summed E-state index contributed by atoms with van der Waals surface area (Å²) in [5.74, 6) is -0.919. The van der Waals surface area contributed by atoms with Crippen molar-refractivity contribution in [2.75, 3.05) is 26.9 Å². The van der Waals surface area contributed by atoms with Gasteiger partial charge in [-0.1, -0.05) is 12.0 Å². The van der Waals surface area contributed by atoms with Gasteiger partial charge in [0.05, 0.1) is 6.61 Å². The molecule has 0 saturated carbocycles. The quantitative estimate of drug-likeness (QED) is 0.250. The molecule has 0 amide bonds. The Labute approximate surface area is 85.1 Å². The maximum absolute atomic E-state index is 5.30. The fourth-order valence-corrected chi connectivity index (χ4v) is 0.871. The molecular formula is C9H20O5. The molecule has 5 heteroatoms. The zero-order chi connectivity index (χ0) is 10.9. The molecule has 1 atom stereocenters. The first kappa shape index (κ1) is 13.8. The van der Waals surface area contributed by atoms with Gasteiger partial charge in [-0.15, -0.1) is 0 Å². The predicted octanol–water partition coefficient (Wildman–Crippen LogP) is 1.68. The summed E-state index contributed by atoms with van der Waals surface area (Å²) in [5, 5.41) is 4.54. The van der Waals surface area contributed by atoms with E-state index in [1.165, 1.54) is 0 Å². The molecule has 0 aliphatic carbocycles. The maximum atomic E-state index is 5.30. The SMILES string of the molecule is CCCOOOC(C)(COC)OCC. The van der Waals surface area contributed by atoms with Gasteiger partial charge in [-0.2, -0.15) is 4.89 Å². The summed E-state index contributed by atoms with van der Waals surface area (Å²) in [7, 11) is 1.56. The van der Waals surface area contributed by atoms with Gasteiger partial charge in [-0.25, -0.2) is 4.89 Å². The van der Waals surface area contributed by atoms with E-state index in [-0.39, 0.29) is 6.61 Å². The summed E-state index contributed by atoms with van der Waals surface area (Å²) < 4.78 is 10.2. The van der Waals surface area contributed by atoms with E-state index < -0.39 is 5.79 Å². The monoisotopic (exact) mass is 208 g/mol. The van der Waals surface area contributed by atoms with Gasteiger partial charge in [-0.05, 0) is 20.3 Å². The van der Waals surface area contributed by atoms with E-state index in [2.05, 4.69) is 5.04 Å². The standard InChI is InChI=1S/C9H20O5/c1-5-7-12-14-13-9(3,8-10-4)11-6-2/h5-8H2,1-4H3. The van der Waals surface area contributed by atoms with Crippen LogP contribution in [0, 0.1) is 0 Å². The zero-order valence-electron chi connectivity index (χ0n) is 9.37. The Hall–Kier alpha value is -0.200. The summed E-state index contributed by atoms with van der Waals surface area (Å²) in [6.07, 6.45) is 0.860. The number of hydrogen-bond acceptors (Lipinski definition) is 5. The topological polar surface area (TPSA) is 46.2 Å². The van der Waals surface area contributed by atoms with Crippen molar-refractivity contribution >= 4 is 0 Å². The van der Waals surface area contributed by atoms with Crippen LogP contribution in [0.3, 0.4) is 0 Å². The van der Waals surface area contributed by atoms with Crippen molar-refractivity contribution in [3.63, 3.8) is 0 Å². The first-order valence-corrected chi connectivity index (χ1v) is 4.78. The lowest BCUT2D eigenvalue weighted by Gasteiger charge is -2.25. The molecule has 0 rings (SSSR count). The van der Waals surface area contributed by atoms with Crippen molar-refractivity contribution in [3.8, 4) is 0 Å². The average molecular weight is 208 g/mol. The van der Waals surface area contributed by atoms with Gasteiger partial charge in [0.1, 0.15) is 6.61 Å². The van der Waals surface area contributed by atoms with Crippen LogP contribution in [-0.2, 0) is 24.3 Å². The third-order valence-electron chi connectivity index (χ3n) is 1.40. The lowest BCUT2D eigenvalue weighted by atomic mass is 10.3. The number of ether oxygens (including phenoxy) is 2. The molecule has 0 aromatic heterocycles. The van der Waals surface area contributed by atoms with Crippen molar-refractivity contribution in [3.05, 3.63) is 0 Å². The van der Waals surface area contributed by atoms with Crippen LogP contribution >= 0.6 is 0 Å². The van der Waals surface area contributed by atoms with Gasteiger partial charge in [0, 0.05) is 13.7 Å². The van der Waals surface area contributed by atoms with E-state index >= 15 is 0 Å². The van der Waals surface area contributed by atoms with Crippen LogP contribution in [0.1, 0.15) is 27.2 Å². The summed E-state index contributed by atoms with van der Waals surface area (Å²) >= 11 is 0. The summed E-state index contributed by atoms with van der Waals surface area (Å²) in [6.45, 7) is 6.82. The van der Waals surface area contributed by atoms with Crippen LogP contribution in [0.2, 0.25) is 0 Å². The second kappa shape index (κ2) is 8.14. The van der Waals surface area contributed by atoms with Crippen molar-refractivity contribution in [2.24, 2.45) is 0 Å². The lowest BCUT2D eigenvalue weighted by molar-refractivity contribution is -0.571. The lowest BCUT2D eigenvalue weighted by Crippen LogP contribution is -2.37. The highest BCUT2D eigenvalue weighted by molar-refractivity contribution is 4.58. The van der Waals surface area contributed by atoms with Crippen molar-refractivity contribution in [1.82, 2.24) is 0 Å². The highest BCUT2D eigenvalue weighted by atomic mass is 17.5. The molecular weight excluding hydrogens is 188 g/mol. The molecule has 0 aromatic rings. The molecule has 14 heavy (non-hydrogen) atoms. The Morgan fingerprint density at radius 3 is 2.43 bits per heavy atom. The molecule has 0 fully saturated rings. The molecule has 86 valence electrons. The molecule has 0 N–H and O–H groups in total. The van der Waals surface area contributed by atoms with E-state index in [0.717, 1.165) is 6.42 Å². The number of hydrogen-bond donors (Lipinski definition) is 0. The molecule has 0 spiro atoms. The smallest absolute Gasteiger partial charge is 0.225 e. The van der Waals surface area contributed by atoms with Gasteiger partial charge in [-0.3, -0.25) is 0 Å². The van der Waals surface area contributed by atoms with Gasteiger partial charge in [0.15, 0.2) is 0 Å². The second-order valence-electron chi connectivity index (χ2n) is 2.97. The highest BCUT2D eigenvalue weighted by Gasteiger charge is 2.27. The summed E-state index contributed by atoms with van der Waals surface area (Å²) in [5.41, 5.74) is 0. The normalized spacial score (nSPS) is 15.4. The van der Waals surface area contributed by atoms with Gasteiger partial charge in [0.25, 0.3) is 0 Å². The molecule has 0 heterocycles. The van der Waals surface area contributed by atoms with Crippen LogP contribution < -0.4 is 0 Å². The molecule has 1 unspecified atom stereocenters. The Morgan fingerprint density at radius 1 is 1.21 bits per heavy atom. The molecule has 5 nitrogen and oxygen atoms in total. The maximum Gasteiger partial charge on any atom is 0.225 e. The Morgan fingerprint density at radius 2 is 1.93 bits per heavy atom. The Bertz CT molecular complexity index is 122. The second-order valence-corrected chi connectivity index (χ2v) is 2.97. The van der Waals surface area contributed by atoms with Crippen LogP contribution in [0.4, 0.5) is 0 Å². The molecule has 0 radical (unpaired) electrons. The largest absolute Gasteiger partial charge is 0.379 e. The molecule has 0 bridgehead atoms. The number of methoxy groups -OCH3 is 1. The molecule has 0 aliphatic rings. The van der Waals surface area contributed by atoms with Gasteiger partial charge >= 0.3 is 0 Å². The van der Waals surface area contributed by atoms with E-state index in [4.69, 9.17) is 19.2 Å². The Balaban J connectivity index is 3.71. The number of rotatable bonds is 9. The van der Waals surface area contributed by atoms with E-state index in [1.54, 1.807) is 14.0 Å². The average Bonchev–Trinajstić information content (AvgIpc) is 2.13.